The van der Waals surface area contributed by atoms with Crippen LogP contribution in [0.25, 0.3) is 11.0 Å². The van der Waals surface area contributed by atoms with Crippen molar-refractivity contribution in [3.8, 4) is 17.2 Å². The third kappa shape index (κ3) is 3.80. The number of halogens is 1. The minimum absolute atomic E-state index is 0.0593. The Balaban J connectivity index is 1.33. The van der Waals surface area contributed by atoms with Gasteiger partial charge in [-0.25, -0.2) is 4.79 Å². The highest BCUT2D eigenvalue weighted by Gasteiger charge is 2.36. The predicted molar refractivity (Wildman–Crippen MR) is 121 cm³/mol. The number of esters is 1. The molecule has 2 heterocycles. The summed E-state index contributed by atoms with van der Waals surface area (Å²) in [7, 11) is 0. The molecule has 0 N–H and O–H groups in total. The Morgan fingerprint density at radius 2 is 1.56 bits per heavy atom. The first kappa shape index (κ1) is 21.4. The third-order valence-electron chi connectivity index (χ3n) is 5.17. The van der Waals surface area contributed by atoms with Gasteiger partial charge in [-0.3, -0.25) is 19.3 Å². The summed E-state index contributed by atoms with van der Waals surface area (Å²) in [6.07, 6.45) is 1.14. The van der Waals surface area contributed by atoms with E-state index in [-0.39, 0.29) is 33.6 Å². The molecule has 0 radical (unpaired) electrons. The second-order valence-electron chi connectivity index (χ2n) is 7.34. The first-order valence-corrected chi connectivity index (χ1v) is 10.4. The van der Waals surface area contributed by atoms with Gasteiger partial charge in [-0.15, -0.1) is 0 Å². The maximum Gasteiger partial charge on any atom is 0.331 e. The average molecular weight is 476 g/mol. The van der Waals surface area contributed by atoms with E-state index in [0.29, 0.717) is 10.8 Å². The van der Waals surface area contributed by atoms with Crippen molar-refractivity contribution < 1.29 is 28.3 Å². The minimum Gasteiger partial charge on any atom is -0.460 e. The number of fused-ring (bicyclic) bond motifs is 2. The molecule has 0 atom stereocenters. The summed E-state index contributed by atoms with van der Waals surface area (Å²) in [5.41, 5.74) is 0.192. The summed E-state index contributed by atoms with van der Waals surface area (Å²) in [6, 6.07) is 17.2. The van der Waals surface area contributed by atoms with Crippen LogP contribution in [0.4, 0.5) is 0 Å². The topological polar surface area (TPSA) is 103 Å². The molecule has 1 aliphatic heterocycles. The van der Waals surface area contributed by atoms with Gasteiger partial charge in [0.2, 0.25) is 11.2 Å². The molecular formula is C25H14ClNO7. The zero-order chi connectivity index (χ0) is 23.8. The summed E-state index contributed by atoms with van der Waals surface area (Å²) in [6.45, 7) is -0.557. The standard InChI is InChI=1S/C25H14ClNO7/c26-18-7-3-4-8-19(18)34-21-13-32-20-11-14(9-10-17(20)23(21)29)33-22(28)12-27-24(30)15-5-1-2-6-16(15)25(27)31/h1-11,13H,12H2. The highest BCUT2D eigenvalue weighted by atomic mass is 35.5. The summed E-state index contributed by atoms with van der Waals surface area (Å²) in [5, 5.41) is 0.534. The molecular weight excluding hydrogens is 462 g/mol. The third-order valence-corrected chi connectivity index (χ3v) is 5.48. The number of ether oxygens (including phenoxy) is 2. The average Bonchev–Trinajstić information content (AvgIpc) is 3.07. The first-order valence-electron chi connectivity index (χ1n) is 10.1. The van der Waals surface area contributed by atoms with Crippen LogP contribution in [0.5, 0.6) is 17.2 Å². The van der Waals surface area contributed by atoms with Gasteiger partial charge >= 0.3 is 5.97 Å². The summed E-state index contributed by atoms with van der Waals surface area (Å²) in [4.78, 5) is 50.8. The molecule has 3 aromatic carbocycles. The highest BCUT2D eigenvalue weighted by molar-refractivity contribution is 6.32. The van der Waals surface area contributed by atoms with E-state index in [0.717, 1.165) is 11.2 Å². The molecule has 168 valence electrons. The Kier molecular flexibility index (Phi) is 5.35. The van der Waals surface area contributed by atoms with Crippen molar-refractivity contribution in [2.45, 2.75) is 0 Å². The van der Waals surface area contributed by atoms with Crippen LogP contribution in [0.2, 0.25) is 5.02 Å². The highest BCUT2D eigenvalue weighted by Crippen LogP contribution is 2.29. The number of hydrogen-bond donors (Lipinski definition) is 0. The van der Waals surface area contributed by atoms with E-state index in [1.807, 2.05) is 0 Å². The van der Waals surface area contributed by atoms with E-state index >= 15 is 0 Å². The molecule has 0 unspecified atom stereocenters. The van der Waals surface area contributed by atoms with Gasteiger partial charge in [-0.2, -0.15) is 0 Å². The lowest BCUT2D eigenvalue weighted by Crippen LogP contribution is -2.36. The lowest BCUT2D eigenvalue weighted by atomic mass is 10.1. The van der Waals surface area contributed by atoms with Crippen molar-refractivity contribution >= 4 is 40.4 Å². The zero-order valence-corrected chi connectivity index (χ0v) is 18.1. The number of hydrogen-bond acceptors (Lipinski definition) is 7. The van der Waals surface area contributed by atoms with Gasteiger partial charge in [0.15, 0.2) is 0 Å². The molecule has 0 aliphatic carbocycles. The van der Waals surface area contributed by atoms with Crippen LogP contribution < -0.4 is 14.9 Å². The number of benzene rings is 3. The van der Waals surface area contributed by atoms with Gasteiger partial charge in [0.1, 0.15) is 29.9 Å². The van der Waals surface area contributed by atoms with Crippen LogP contribution in [-0.4, -0.2) is 29.2 Å². The lowest BCUT2D eigenvalue weighted by molar-refractivity contribution is -0.134. The van der Waals surface area contributed by atoms with Crippen molar-refractivity contribution in [2.75, 3.05) is 6.54 Å². The van der Waals surface area contributed by atoms with E-state index in [1.165, 1.54) is 30.3 Å². The summed E-state index contributed by atoms with van der Waals surface area (Å²) in [5.74, 6) is -1.63. The summed E-state index contributed by atoms with van der Waals surface area (Å²) >= 11 is 6.07. The first-order chi connectivity index (χ1) is 16.4. The molecule has 0 fully saturated rings. The maximum absolute atomic E-state index is 12.8. The Morgan fingerprint density at radius 1 is 0.882 bits per heavy atom. The molecule has 8 nitrogen and oxygen atoms in total. The van der Waals surface area contributed by atoms with Crippen LogP contribution in [-0.2, 0) is 4.79 Å². The van der Waals surface area contributed by atoms with Crippen LogP contribution >= 0.6 is 11.6 Å². The van der Waals surface area contributed by atoms with Crippen LogP contribution in [0.3, 0.4) is 0 Å². The summed E-state index contributed by atoms with van der Waals surface area (Å²) < 4.78 is 16.3. The molecule has 0 saturated heterocycles. The SMILES string of the molecule is O=C(CN1C(=O)c2ccccc2C1=O)Oc1ccc2c(=O)c(Oc3ccccc3Cl)coc2c1. The molecule has 4 aromatic rings. The zero-order valence-electron chi connectivity index (χ0n) is 17.3. The minimum atomic E-state index is -0.824. The molecule has 0 spiro atoms. The molecule has 1 aromatic heterocycles. The van der Waals surface area contributed by atoms with Gasteiger partial charge in [0, 0.05) is 6.07 Å². The normalized spacial score (nSPS) is 12.7. The Hall–Kier alpha value is -4.43. The van der Waals surface area contributed by atoms with Gasteiger partial charge in [0.05, 0.1) is 21.5 Å². The Labute approximate surface area is 196 Å². The Morgan fingerprint density at radius 3 is 2.26 bits per heavy atom. The van der Waals surface area contributed by atoms with Crippen molar-refractivity contribution in [3.05, 3.63) is 99.4 Å². The number of carbonyl (C=O) groups is 3. The van der Waals surface area contributed by atoms with E-state index in [4.69, 9.17) is 25.5 Å². The molecule has 0 saturated carbocycles. The van der Waals surface area contributed by atoms with Gasteiger partial charge in [-0.1, -0.05) is 35.9 Å². The van der Waals surface area contributed by atoms with Crippen LogP contribution in [0, 0.1) is 0 Å². The number of imide groups is 1. The molecule has 5 rings (SSSR count). The fraction of sp³-hybridized carbons (Fsp3) is 0.0400. The second-order valence-corrected chi connectivity index (χ2v) is 7.74. The van der Waals surface area contributed by atoms with E-state index in [2.05, 4.69) is 0 Å². The molecule has 0 bridgehead atoms. The van der Waals surface area contributed by atoms with Crippen LogP contribution in [0.15, 0.2) is 82.2 Å². The van der Waals surface area contributed by atoms with E-state index in [9.17, 15) is 19.2 Å². The van der Waals surface area contributed by atoms with Crippen molar-refractivity contribution in [3.63, 3.8) is 0 Å². The number of carbonyl (C=O) groups excluding carboxylic acids is 3. The van der Waals surface area contributed by atoms with E-state index in [1.54, 1.807) is 36.4 Å². The van der Waals surface area contributed by atoms with Crippen molar-refractivity contribution in [1.82, 2.24) is 4.90 Å². The number of nitrogens with zero attached hydrogens (tertiary/aromatic N) is 1. The number of amides is 2. The quantitative estimate of drug-likeness (QED) is 0.239. The smallest absolute Gasteiger partial charge is 0.331 e. The van der Waals surface area contributed by atoms with E-state index < -0.39 is 29.8 Å². The second kappa shape index (κ2) is 8.49. The Bertz CT molecular complexity index is 1510. The number of para-hydroxylation sites is 1. The molecule has 2 amide bonds. The van der Waals surface area contributed by atoms with Crippen molar-refractivity contribution in [1.29, 1.82) is 0 Å². The monoisotopic (exact) mass is 475 g/mol. The molecule has 9 heteroatoms. The molecule has 1 aliphatic rings. The van der Waals surface area contributed by atoms with Gasteiger partial charge < -0.3 is 13.9 Å². The van der Waals surface area contributed by atoms with Gasteiger partial charge in [-0.05, 0) is 36.4 Å². The largest absolute Gasteiger partial charge is 0.460 e. The number of rotatable bonds is 5. The predicted octanol–water partition coefficient (Wildman–Crippen LogP) is 4.44. The molecule has 34 heavy (non-hydrogen) atoms. The maximum atomic E-state index is 12.8. The van der Waals surface area contributed by atoms with Crippen LogP contribution in [0.1, 0.15) is 20.7 Å². The fourth-order valence-corrected chi connectivity index (χ4v) is 3.72. The van der Waals surface area contributed by atoms with Gasteiger partial charge in [0.25, 0.3) is 11.8 Å². The van der Waals surface area contributed by atoms with Crippen molar-refractivity contribution in [2.24, 2.45) is 0 Å². The lowest BCUT2D eigenvalue weighted by Gasteiger charge is -2.13. The fourth-order valence-electron chi connectivity index (χ4n) is 3.55.